The lowest BCUT2D eigenvalue weighted by Crippen LogP contribution is -2.19. The summed E-state index contributed by atoms with van der Waals surface area (Å²) < 4.78 is 63.8. The van der Waals surface area contributed by atoms with Crippen LogP contribution < -0.4 is 5.14 Å². The maximum atomic E-state index is 11.8. The second-order valence-corrected chi connectivity index (χ2v) is 5.43. The number of ether oxygens (including phenoxy) is 1. The van der Waals surface area contributed by atoms with Gasteiger partial charge >= 0.3 is 6.18 Å². The molecule has 0 aliphatic carbocycles. The van der Waals surface area contributed by atoms with Crippen molar-refractivity contribution in [3.8, 4) is 0 Å². The van der Waals surface area contributed by atoms with Crippen LogP contribution in [0.1, 0.15) is 11.4 Å². The minimum Gasteiger partial charge on any atom is -0.370 e. The SMILES string of the molecule is Cc1nn(CCOCC(F)(F)F)c(C)c1S(N)(=O)=O. The average Bonchev–Trinajstić information content (AvgIpc) is 2.46. The normalized spacial score (nSPS) is 12.9. The molecule has 6 nitrogen and oxygen atoms in total. The van der Waals surface area contributed by atoms with Crippen LogP contribution in [0.15, 0.2) is 4.90 Å². The second-order valence-electron chi connectivity index (χ2n) is 3.94. The first kappa shape index (κ1) is 15.9. The van der Waals surface area contributed by atoms with Crippen molar-refractivity contribution in [2.24, 2.45) is 5.14 Å². The van der Waals surface area contributed by atoms with E-state index in [4.69, 9.17) is 5.14 Å². The molecule has 0 aliphatic heterocycles. The van der Waals surface area contributed by atoms with E-state index in [1.54, 1.807) is 0 Å². The molecule has 110 valence electrons. The Bertz CT molecular complexity index is 551. The zero-order valence-corrected chi connectivity index (χ0v) is 11.2. The molecule has 1 aromatic heterocycles. The summed E-state index contributed by atoms with van der Waals surface area (Å²) in [7, 11) is -3.90. The molecule has 1 heterocycles. The first-order valence-corrected chi connectivity index (χ1v) is 6.78. The number of nitrogens with two attached hydrogens (primary N) is 1. The summed E-state index contributed by atoms with van der Waals surface area (Å²) in [5.74, 6) is 0. The number of primary sulfonamides is 1. The van der Waals surface area contributed by atoms with Gasteiger partial charge in [0, 0.05) is 0 Å². The molecule has 0 radical (unpaired) electrons. The Morgan fingerprint density at radius 2 is 1.95 bits per heavy atom. The molecule has 0 saturated heterocycles. The fourth-order valence-electron chi connectivity index (χ4n) is 1.65. The molecule has 10 heteroatoms. The third-order valence-corrected chi connectivity index (χ3v) is 3.47. The Kier molecular flexibility index (Phi) is 4.59. The van der Waals surface area contributed by atoms with E-state index >= 15 is 0 Å². The van der Waals surface area contributed by atoms with Gasteiger partial charge in [-0.15, -0.1) is 0 Å². The largest absolute Gasteiger partial charge is 0.411 e. The predicted octanol–water partition coefficient (Wildman–Crippen LogP) is 0.726. The first-order valence-electron chi connectivity index (χ1n) is 5.23. The Labute approximate surface area is 108 Å². The maximum Gasteiger partial charge on any atom is 0.411 e. The average molecular weight is 301 g/mol. The summed E-state index contributed by atoms with van der Waals surface area (Å²) in [4.78, 5) is -0.108. The van der Waals surface area contributed by atoms with Gasteiger partial charge in [-0.25, -0.2) is 13.6 Å². The number of aromatic nitrogens is 2. The molecule has 1 rings (SSSR count). The lowest BCUT2D eigenvalue weighted by atomic mass is 10.4. The highest BCUT2D eigenvalue weighted by molar-refractivity contribution is 7.89. The van der Waals surface area contributed by atoms with Gasteiger partial charge in [0.2, 0.25) is 10.0 Å². The molecule has 0 bridgehead atoms. The van der Waals surface area contributed by atoms with Crippen LogP contribution in [-0.2, 0) is 21.3 Å². The quantitative estimate of drug-likeness (QED) is 0.812. The number of hydrogen-bond acceptors (Lipinski definition) is 4. The van der Waals surface area contributed by atoms with Crippen LogP contribution in [-0.4, -0.2) is 37.6 Å². The minimum atomic E-state index is -4.39. The van der Waals surface area contributed by atoms with Crippen molar-refractivity contribution in [1.82, 2.24) is 9.78 Å². The number of nitrogens with zero attached hydrogens (tertiary/aromatic N) is 2. The maximum absolute atomic E-state index is 11.8. The van der Waals surface area contributed by atoms with Gasteiger partial charge in [-0.05, 0) is 13.8 Å². The highest BCUT2D eigenvalue weighted by Gasteiger charge is 2.27. The number of rotatable bonds is 5. The zero-order valence-electron chi connectivity index (χ0n) is 10.4. The standard InChI is InChI=1S/C9H14F3N3O3S/c1-6-8(19(13,16)17)7(2)15(14-6)3-4-18-5-9(10,11)12/h3-5H2,1-2H3,(H2,13,16,17). The summed E-state index contributed by atoms with van der Waals surface area (Å²) >= 11 is 0. The fourth-order valence-corrected chi connectivity index (χ4v) is 2.62. The topological polar surface area (TPSA) is 87.2 Å². The molecule has 0 unspecified atom stereocenters. The van der Waals surface area contributed by atoms with Crippen LogP contribution in [0.3, 0.4) is 0 Å². The van der Waals surface area contributed by atoms with Crippen LogP contribution >= 0.6 is 0 Å². The van der Waals surface area contributed by atoms with E-state index in [1.807, 2.05) is 0 Å². The van der Waals surface area contributed by atoms with Gasteiger partial charge in [-0.1, -0.05) is 0 Å². The van der Waals surface area contributed by atoms with E-state index in [2.05, 4.69) is 9.84 Å². The third-order valence-electron chi connectivity index (χ3n) is 2.31. The molecule has 0 aliphatic rings. The monoisotopic (exact) mass is 301 g/mol. The number of hydrogen-bond donors (Lipinski definition) is 1. The van der Waals surface area contributed by atoms with Crippen LogP contribution in [0, 0.1) is 13.8 Å². The number of halogens is 3. The van der Waals surface area contributed by atoms with Gasteiger partial charge in [0.15, 0.2) is 0 Å². The summed E-state index contributed by atoms with van der Waals surface area (Å²) in [6, 6.07) is 0. The van der Waals surface area contributed by atoms with Crippen molar-refractivity contribution in [2.45, 2.75) is 31.5 Å². The highest BCUT2D eigenvalue weighted by Crippen LogP contribution is 2.18. The molecule has 0 saturated carbocycles. The molecule has 0 spiro atoms. The van der Waals surface area contributed by atoms with E-state index in [0.29, 0.717) is 0 Å². The van der Waals surface area contributed by atoms with E-state index in [-0.39, 0.29) is 29.4 Å². The van der Waals surface area contributed by atoms with Crippen molar-refractivity contribution >= 4 is 10.0 Å². The molecule has 2 N–H and O–H groups in total. The lowest BCUT2D eigenvalue weighted by Gasteiger charge is -2.08. The Hall–Kier alpha value is -1.13. The molecular formula is C9H14F3N3O3S. The molecule has 0 aromatic carbocycles. The summed E-state index contributed by atoms with van der Waals surface area (Å²) in [5.41, 5.74) is 0.478. The highest BCUT2D eigenvalue weighted by atomic mass is 32.2. The minimum absolute atomic E-state index is 0.0122. The van der Waals surface area contributed by atoms with Gasteiger partial charge in [-0.2, -0.15) is 18.3 Å². The van der Waals surface area contributed by atoms with Crippen molar-refractivity contribution in [1.29, 1.82) is 0 Å². The van der Waals surface area contributed by atoms with Crippen molar-refractivity contribution < 1.29 is 26.3 Å². The van der Waals surface area contributed by atoms with Crippen molar-refractivity contribution in [3.63, 3.8) is 0 Å². The number of aryl methyl sites for hydroxylation is 1. The van der Waals surface area contributed by atoms with Crippen LogP contribution in [0.2, 0.25) is 0 Å². The molecular weight excluding hydrogens is 287 g/mol. The van der Waals surface area contributed by atoms with E-state index < -0.39 is 22.8 Å². The van der Waals surface area contributed by atoms with Gasteiger partial charge in [-0.3, -0.25) is 4.68 Å². The van der Waals surface area contributed by atoms with Crippen LogP contribution in [0.4, 0.5) is 13.2 Å². The van der Waals surface area contributed by atoms with Crippen LogP contribution in [0.25, 0.3) is 0 Å². The second kappa shape index (κ2) is 5.47. The Morgan fingerprint density at radius 1 is 1.37 bits per heavy atom. The molecule has 19 heavy (non-hydrogen) atoms. The van der Waals surface area contributed by atoms with E-state index in [0.717, 1.165) is 0 Å². The van der Waals surface area contributed by atoms with Gasteiger partial charge in [0.1, 0.15) is 11.5 Å². The first-order chi connectivity index (χ1) is 8.52. The predicted molar refractivity (Wildman–Crippen MR) is 59.9 cm³/mol. The lowest BCUT2D eigenvalue weighted by molar-refractivity contribution is -0.174. The van der Waals surface area contributed by atoms with E-state index in [9.17, 15) is 21.6 Å². The van der Waals surface area contributed by atoms with Crippen molar-refractivity contribution in [3.05, 3.63) is 11.4 Å². The van der Waals surface area contributed by atoms with Gasteiger partial charge in [0.05, 0.1) is 24.5 Å². The Balaban J connectivity index is 2.72. The van der Waals surface area contributed by atoms with Crippen molar-refractivity contribution in [2.75, 3.05) is 13.2 Å². The van der Waals surface area contributed by atoms with Gasteiger partial charge in [0.25, 0.3) is 0 Å². The fraction of sp³-hybridized carbons (Fsp3) is 0.667. The van der Waals surface area contributed by atoms with E-state index in [1.165, 1.54) is 18.5 Å². The smallest absolute Gasteiger partial charge is 0.370 e. The molecule has 0 amide bonds. The molecule has 0 atom stereocenters. The summed E-state index contributed by atoms with van der Waals surface area (Å²) in [5, 5.41) is 8.93. The summed E-state index contributed by atoms with van der Waals surface area (Å²) in [6.07, 6.45) is -4.39. The third kappa shape index (κ3) is 4.48. The number of sulfonamides is 1. The zero-order chi connectivity index (χ0) is 14.8. The van der Waals surface area contributed by atoms with Crippen LogP contribution in [0.5, 0.6) is 0 Å². The molecule has 1 aromatic rings. The molecule has 0 fully saturated rings. The summed E-state index contributed by atoms with van der Waals surface area (Å²) in [6.45, 7) is 1.36. The number of alkyl halides is 3. The van der Waals surface area contributed by atoms with Gasteiger partial charge < -0.3 is 4.74 Å². The Morgan fingerprint density at radius 3 is 2.37 bits per heavy atom.